The first kappa shape index (κ1) is 33.8. The number of aryl methyl sites for hydroxylation is 1. The molecule has 5 N–H and O–H groups in total. The van der Waals surface area contributed by atoms with Crippen molar-refractivity contribution in [3.8, 4) is 5.75 Å². The van der Waals surface area contributed by atoms with E-state index in [9.17, 15) is 38.6 Å². The van der Waals surface area contributed by atoms with Crippen LogP contribution in [0, 0.1) is 18.7 Å². The van der Waals surface area contributed by atoms with E-state index in [1.165, 1.54) is 26.0 Å². The molecule has 0 spiro atoms. The van der Waals surface area contributed by atoms with Crippen LogP contribution >= 0.6 is 0 Å². The highest BCUT2D eigenvalue weighted by Gasteiger charge is 2.21. The van der Waals surface area contributed by atoms with E-state index < -0.39 is 35.9 Å². The fourth-order valence-electron chi connectivity index (χ4n) is 3.80. The van der Waals surface area contributed by atoms with Crippen LogP contribution in [0.15, 0.2) is 36.4 Å². The number of carbonyl (C=O) groups excluding carboxylic acids is 5. The van der Waals surface area contributed by atoms with Crippen molar-refractivity contribution in [1.29, 1.82) is 0 Å². The molecule has 0 heterocycles. The summed E-state index contributed by atoms with van der Waals surface area (Å²) in [5, 5.41) is 26.3. The second kappa shape index (κ2) is 16.2. The van der Waals surface area contributed by atoms with Crippen LogP contribution in [0.2, 0.25) is 0 Å². The summed E-state index contributed by atoms with van der Waals surface area (Å²) in [6.07, 6.45) is -1.24. The van der Waals surface area contributed by atoms with Crippen LogP contribution in [0.25, 0.3) is 0 Å². The Labute approximate surface area is 243 Å². The molecular formula is C29H37FN4O8. The predicted octanol–water partition coefficient (Wildman–Crippen LogP) is 1.68. The number of rotatable bonds is 15. The molecule has 0 saturated carbocycles. The Hall–Kier alpha value is -4.36. The Morgan fingerprint density at radius 1 is 1.10 bits per heavy atom. The zero-order valence-corrected chi connectivity index (χ0v) is 24.0. The SMILES string of the molecule is CCC(C)C(=O)N(C=O)CCC(=O)NC(C)C(=O)NCC(=O)Nc1cccc(COc2ccc(C)c(C(O)O)c2F)c1. The minimum Gasteiger partial charge on any atom is -0.486 e. The van der Waals surface area contributed by atoms with Crippen LogP contribution in [-0.4, -0.2) is 64.3 Å². The number of anilines is 1. The van der Waals surface area contributed by atoms with Gasteiger partial charge in [0.05, 0.1) is 6.54 Å². The third-order valence-corrected chi connectivity index (χ3v) is 6.44. The molecule has 2 atom stereocenters. The second-order valence-electron chi connectivity index (χ2n) is 9.72. The van der Waals surface area contributed by atoms with Gasteiger partial charge in [0.25, 0.3) is 0 Å². The van der Waals surface area contributed by atoms with Crippen molar-refractivity contribution < 1.29 is 43.3 Å². The number of aliphatic hydroxyl groups excluding tert-OH is 1. The van der Waals surface area contributed by atoms with Gasteiger partial charge in [0.1, 0.15) is 12.6 Å². The molecule has 0 bridgehead atoms. The van der Waals surface area contributed by atoms with Gasteiger partial charge < -0.3 is 30.9 Å². The van der Waals surface area contributed by atoms with Gasteiger partial charge in [0, 0.05) is 30.1 Å². The summed E-state index contributed by atoms with van der Waals surface area (Å²) in [6.45, 7) is 5.88. The van der Waals surface area contributed by atoms with Crippen LogP contribution in [0.4, 0.5) is 10.1 Å². The number of aliphatic hydroxyl groups is 2. The summed E-state index contributed by atoms with van der Waals surface area (Å²) in [7, 11) is 0. The lowest BCUT2D eigenvalue weighted by molar-refractivity contribution is -0.141. The number of halogens is 1. The monoisotopic (exact) mass is 588 g/mol. The minimum atomic E-state index is -1.99. The van der Waals surface area contributed by atoms with Crippen LogP contribution in [0.5, 0.6) is 5.75 Å². The minimum absolute atomic E-state index is 0.0744. The highest BCUT2D eigenvalue weighted by Crippen LogP contribution is 2.28. The molecule has 0 fully saturated rings. The van der Waals surface area contributed by atoms with Crippen LogP contribution < -0.4 is 20.7 Å². The molecule has 2 unspecified atom stereocenters. The lowest BCUT2D eigenvalue weighted by Gasteiger charge is -2.19. The van der Waals surface area contributed by atoms with Crippen molar-refractivity contribution >= 4 is 35.7 Å². The number of hydrogen-bond acceptors (Lipinski definition) is 8. The highest BCUT2D eigenvalue weighted by molar-refractivity contribution is 5.96. The lowest BCUT2D eigenvalue weighted by atomic mass is 10.1. The van der Waals surface area contributed by atoms with Gasteiger partial charge in [-0.15, -0.1) is 0 Å². The third kappa shape index (κ3) is 9.93. The van der Waals surface area contributed by atoms with E-state index in [4.69, 9.17) is 4.74 Å². The zero-order valence-electron chi connectivity index (χ0n) is 24.0. The fraction of sp³-hybridized carbons (Fsp3) is 0.414. The molecule has 0 radical (unpaired) electrons. The van der Waals surface area contributed by atoms with Gasteiger partial charge in [-0.1, -0.05) is 32.0 Å². The number of hydrogen-bond donors (Lipinski definition) is 5. The molecular weight excluding hydrogens is 551 g/mol. The van der Waals surface area contributed by atoms with E-state index in [0.29, 0.717) is 29.6 Å². The van der Waals surface area contributed by atoms with Crippen LogP contribution in [0.1, 0.15) is 56.6 Å². The Balaban J connectivity index is 1.82. The van der Waals surface area contributed by atoms with Crippen molar-refractivity contribution in [3.63, 3.8) is 0 Å². The molecule has 5 amide bonds. The summed E-state index contributed by atoms with van der Waals surface area (Å²) in [6, 6.07) is 8.42. The molecule has 2 aromatic rings. The van der Waals surface area contributed by atoms with Crippen molar-refractivity contribution in [2.75, 3.05) is 18.4 Å². The predicted molar refractivity (Wildman–Crippen MR) is 150 cm³/mol. The van der Waals surface area contributed by atoms with E-state index in [0.717, 1.165) is 4.90 Å². The highest BCUT2D eigenvalue weighted by atomic mass is 19.1. The van der Waals surface area contributed by atoms with E-state index in [-0.39, 0.29) is 49.3 Å². The number of nitrogens with zero attached hydrogens (tertiary/aromatic N) is 1. The Morgan fingerprint density at radius 2 is 1.81 bits per heavy atom. The van der Waals surface area contributed by atoms with E-state index >= 15 is 0 Å². The maximum absolute atomic E-state index is 14.6. The molecule has 0 aliphatic rings. The summed E-state index contributed by atoms with van der Waals surface area (Å²) >= 11 is 0. The average molecular weight is 589 g/mol. The summed E-state index contributed by atoms with van der Waals surface area (Å²) < 4.78 is 20.1. The molecule has 0 saturated heterocycles. The molecule has 228 valence electrons. The summed E-state index contributed by atoms with van der Waals surface area (Å²) in [5.74, 6) is -3.48. The van der Waals surface area contributed by atoms with Gasteiger partial charge in [-0.25, -0.2) is 4.39 Å². The molecule has 42 heavy (non-hydrogen) atoms. The third-order valence-electron chi connectivity index (χ3n) is 6.44. The molecule has 2 rings (SSSR count). The maximum Gasteiger partial charge on any atom is 0.243 e. The van der Waals surface area contributed by atoms with E-state index in [1.807, 2.05) is 6.92 Å². The molecule has 13 heteroatoms. The fourth-order valence-corrected chi connectivity index (χ4v) is 3.80. The lowest BCUT2D eigenvalue weighted by Crippen LogP contribution is -2.47. The molecule has 12 nitrogen and oxygen atoms in total. The standard InChI is InChI=1S/C29H37FN4O8/c1-5-17(2)28(39)34(16-35)12-11-23(36)32-19(4)27(38)31-14-24(37)33-21-8-6-7-20(13-21)15-42-22-10-9-18(3)25(26(22)30)29(40)41/h6-10,13,16-17,19,29,40-41H,5,11-12,14-15H2,1-4H3,(H,31,38)(H,32,36)(H,33,37). The van der Waals surface area contributed by atoms with E-state index in [2.05, 4.69) is 16.0 Å². The van der Waals surface area contributed by atoms with Gasteiger partial charge in [0.15, 0.2) is 17.9 Å². The summed E-state index contributed by atoms with van der Waals surface area (Å²) in [5.41, 5.74) is 1.06. The Morgan fingerprint density at radius 3 is 2.45 bits per heavy atom. The van der Waals surface area contributed by atoms with Gasteiger partial charge in [-0.05, 0) is 49.6 Å². The zero-order chi connectivity index (χ0) is 31.4. The van der Waals surface area contributed by atoms with Crippen molar-refractivity contribution in [2.45, 2.75) is 59.5 Å². The van der Waals surface area contributed by atoms with Crippen LogP contribution in [-0.2, 0) is 30.6 Å². The largest absolute Gasteiger partial charge is 0.486 e. The number of imide groups is 1. The molecule has 0 aromatic heterocycles. The van der Waals surface area contributed by atoms with Crippen molar-refractivity contribution in [2.24, 2.45) is 5.92 Å². The Bertz CT molecular complexity index is 1290. The molecule has 0 aliphatic heterocycles. The molecule has 2 aromatic carbocycles. The van der Waals surface area contributed by atoms with Crippen molar-refractivity contribution in [3.05, 3.63) is 58.9 Å². The number of carbonyl (C=O) groups is 5. The number of ether oxygens (including phenoxy) is 1. The number of amides is 5. The number of benzene rings is 2. The number of nitrogens with one attached hydrogen (secondary N) is 3. The smallest absolute Gasteiger partial charge is 0.243 e. The summed E-state index contributed by atoms with van der Waals surface area (Å²) in [4.78, 5) is 61.2. The van der Waals surface area contributed by atoms with Gasteiger partial charge in [-0.2, -0.15) is 0 Å². The first-order chi connectivity index (χ1) is 19.9. The first-order valence-corrected chi connectivity index (χ1v) is 13.4. The van der Waals surface area contributed by atoms with Gasteiger partial charge in [-0.3, -0.25) is 28.9 Å². The van der Waals surface area contributed by atoms with Crippen molar-refractivity contribution in [1.82, 2.24) is 15.5 Å². The average Bonchev–Trinajstić information content (AvgIpc) is 2.95. The van der Waals surface area contributed by atoms with Gasteiger partial charge >= 0.3 is 0 Å². The quantitative estimate of drug-likeness (QED) is 0.154. The molecule has 0 aliphatic carbocycles. The maximum atomic E-state index is 14.6. The first-order valence-electron chi connectivity index (χ1n) is 13.4. The van der Waals surface area contributed by atoms with Crippen LogP contribution in [0.3, 0.4) is 0 Å². The topological polar surface area (TPSA) is 174 Å². The van der Waals surface area contributed by atoms with Gasteiger partial charge in [0.2, 0.25) is 30.0 Å². The normalized spacial score (nSPS) is 12.2. The Kier molecular flexibility index (Phi) is 13.0. The van der Waals surface area contributed by atoms with E-state index in [1.54, 1.807) is 31.2 Å². The second-order valence-corrected chi connectivity index (χ2v) is 9.72.